The van der Waals surface area contributed by atoms with E-state index in [1.807, 2.05) is 19.9 Å². The number of carbonyl (C=O) groups is 1. The second kappa shape index (κ2) is 5.02. The molecule has 1 aromatic heterocycles. The van der Waals surface area contributed by atoms with Crippen LogP contribution < -0.4 is 5.32 Å². The Morgan fingerprint density at radius 1 is 1.61 bits per heavy atom. The zero-order valence-electron chi connectivity index (χ0n) is 11.2. The summed E-state index contributed by atoms with van der Waals surface area (Å²) in [6.45, 7) is 6.08. The highest BCUT2D eigenvalue weighted by molar-refractivity contribution is 7.14. The fraction of sp³-hybridized carbons (Fsp3) is 0.643. The molecule has 18 heavy (non-hydrogen) atoms. The van der Waals surface area contributed by atoms with Crippen LogP contribution in [0.1, 0.15) is 46.8 Å². The average molecular weight is 267 g/mol. The van der Waals surface area contributed by atoms with Gasteiger partial charge in [0.05, 0.1) is 17.0 Å². The van der Waals surface area contributed by atoms with Crippen molar-refractivity contribution >= 4 is 17.2 Å². The molecule has 1 unspecified atom stereocenters. The predicted molar refractivity (Wildman–Crippen MR) is 74.1 cm³/mol. The van der Waals surface area contributed by atoms with E-state index < -0.39 is 5.54 Å². The van der Waals surface area contributed by atoms with E-state index in [0.29, 0.717) is 5.92 Å². The minimum absolute atomic E-state index is 0.00833. The molecule has 0 radical (unpaired) electrons. The highest BCUT2D eigenvalue weighted by Crippen LogP contribution is 2.39. The van der Waals surface area contributed by atoms with Crippen LogP contribution >= 0.6 is 11.3 Å². The summed E-state index contributed by atoms with van der Waals surface area (Å²) in [5.41, 5.74) is 0.728. The lowest BCUT2D eigenvalue weighted by Gasteiger charge is -2.28. The monoisotopic (exact) mass is 267 g/mol. The molecule has 1 heterocycles. The zero-order chi connectivity index (χ0) is 13.3. The Balaban J connectivity index is 2.11. The summed E-state index contributed by atoms with van der Waals surface area (Å²) >= 11 is 1.56. The van der Waals surface area contributed by atoms with Gasteiger partial charge in [-0.25, -0.2) is 0 Å². The lowest BCUT2D eigenvalue weighted by atomic mass is 9.97. The molecular weight excluding hydrogens is 246 g/mol. The minimum Gasteiger partial charge on any atom is -0.394 e. The number of nitrogens with one attached hydrogen (secondary N) is 1. The van der Waals surface area contributed by atoms with Crippen molar-refractivity contribution in [3.05, 3.63) is 21.4 Å². The molecular formula is C14H21NO2S. The molecule has 0 aromatic carbocycles. The van der Waals surface area contributed by atoms with E-state index >= 15 is 0 Å². The van der Waals surface area contributed by atoms with Crippen molar-refractivity contribution in [2.75, 3.05) is 6.61 Å². The number of amides is 1. The number of aryl methyl sites for hydroxylation is 2. The van der Waals surface area contributed by atoms with Gasteiger partial charge in [0.2, 0.25) is 0 Å². The SMILES string of the molecule is CCc1sc(C(=O)NC(C)(CO)C2CC2)cc1C. The van der Waals surface area contributed by atoms with Crippen molar-refractivity contribution in [2.45, 2.75) is 45.6 Å². The van der Waals surface area contributed by atoms with E-state index in [4.69, 9.17) is 0 Å². The van der Waals surface area contributed by atoms with Gasteiger partial charge in [0.25, 0.3) is 5.91 Å². The third kappa shape index (κ3) is 2.59. The van der Waals surface area contributed by atoms with Gasteiger partial charge in [0, 0.05) is 4.88 Å². The standard InChI is InChI=1S/C14H21NO2S/c1-4-11-9(2)7-12(18-11)13(17)15-14(3,8-16)10-5-6-10/h7,10,16H,4-6,8H2,1-3H3,(H,15,17). The average Bonchev–Trinajstić information content (AvgIpc) is 3.13. The second-order valence-corrected chi connectivity index (χ2v) is 6.51. The van der Waals surface area contributed by atoms with Crippen molar-refractivity contribution in [2.24, 2.45) is 5.92 Å². The van der Waals surface area contributed by atoms with Gasteiger partial charge in [-0.3, -0.25) is 4.79 Å². The summed E-state index contributed by atoms with van der Waals surface area (Å²) in [6, 6.07) is 1.95. The fourth-order valence-electron chi connectivity index (χ4n) is 2.29. The molecule has 1 aromatic rings. The maximum atomic E-state index is 12.2. The maximum absolute atomic E-state index is 12.2. The number of hydrogen-bond acceptors (Lipinski definition) is 3. The van der Waals surface area contributed by atoms with Gasteiger partial charge in [-0.2, -0.15) is 0 Å². The van der Waals surface area contributed by atoms with E-state index in [1.165, 1.54) is 10.4 Å². The van der Waals surface area contributed by atoms with Gasteiger partial charge in [-0.05, 0) is 50.7 Å². The van der Waals surface area contributed by atoms with Crippen molar-refractivity contribution in [3.63, 3.8) is 0 Å². The molecule has 0 saturated heterocycles. The third-order valence-corrected chi connectivity index (χ3v) is 5.15. The molecule has 0 bridgehead atoms. The molecule has 1 aliphatic carbocycles. The highest BCUT2D eigenvalue weighted by atomic mass is 32.1. The van der Waals surface area contributed by atoms with Gasteiger partial charge in [-0.1, -0.05) is 6.92 Å². The van der Waals surface area contributed by atoms with Crippen LogP contribution in [0.5, 0.6) is 0 Å². The molecule has 1 atom stereocenters. The van der Waals surface area contributed by atoms with E-state index in [2.05, 4.69) is 12.2 Å². The van der Waals surface area contributed by atoms with Gasteiger partial charge in [0.15, 0.2) is 0 Å². The number of aliphatic hydroxyl groups excluding tert-OH is 1. The largest absolute Gasteiger partial charge is 0.394 e. The fourth-order valence-corrected chi connectivity index (χ4v) is 3.30. The van der Waals surface area contributed by atoms with Crippen LogP contribution in [0.25, 0.3) is 0 Å². The first-order valence-electron chi connectivity index (χ1n) is 6.53. The number of rotatable bonds is 5. The summed E-state index contributed by atoms with van der Waals surface area (Å²) in [4.78, 5) is 14.2. The molecule has 100 valence electrons. The van der Waals surface area contributed by atoms with Crippen molar-refractivity contribution in [3.8, 4) is 0 Å². The lowest BCUT2D eigenvalue weighted by Crippen LogP contribution is -2.50. The highest BCUT2D eigenvalue weighted by Gasteiger charge is 2.42. The van der Waals surface area contributed by atoms with Crippen LogP contribution in [0.2, 0.25) is 0 Å². The van der Waals surface area contributed by atoms with Gasteiger partial charge in [0.1, 0.15) is 0 Å². The summed E-state index contributed by atoms with van der Waals surface area (Å²) in [5, 5.41) is 12.5. The molecule has 1 aliphatic rings. The van der Waals surface area contributed by atoms with Crippen molar-refractivity contribution in [1.29, 1.82) is 0 Å². The quantitative estimate of drug-likeness (QED) is 0.861. The lowest BCUT2D eigenvalue weighted by molar-refractivity contribution is 0.0828. The van der Waals surface area contributed by atoms with Crippen LogP contribution in [0.15, 0.2) is 6.07 Å². The Kier molecular flexibility index (Phi) is 3.78. The molecule has 4 heteroatoms. The van der Waals surface area contributed by atoms with Crippen LogP contribution in [0, 0.1) is 12.8 Å². The Bertz CT molecular complexity index is 451. The Hall–Kier alpha value is -0.870. The van der Waals surface area contributed by atoms with E-state index in [9.17, 15) is 9.90 Å². The Morgan fingerprint density at radius 2 is 2.28 bits per heavy atom. The van der Waals surface area contributed by atoms with Crippen LogP contribution in [0.3, 0.4) is 0 Å². The van der Waals surface area contributed by atoms with Crippen LogP contribution in [-0.2, 0) is 6.42 Å². The predicted octanol–water partition coefficient (Wildman–Crippen LogP) is 2.51. The minimum atomic E-state index is -0.457. The first-order valence-corrected chi connectivity index (χ1v) is 7.34. The smallest absolute Gasteiger partial charge is 0.261 e. The number of carbonyl (C=O) groups excluding carboxylic acids is 1. The summed E-state index contributed by atoms with van der Waals surface area (Å²) in [5.74, 6) is 0.379. The molecule has 1 amide bonds. The molecule has 0 spiro atoms. The van der Waals surface area contributed by atoms with E-state index in [-0.39, 0.29) is 12.5 Å². The third-order valence-electron chi connectivity index (χ3n) is 3.77. The number of aliphatic hydroxyl groups is 1. The van der Waals surface area contributed by atoms with Crippen molar-refractivity contribution in [1.82, 2.24) is 5.32 Å². The Morgan fingerprint density at radius 3 is 2.72 bits per heavy atom. The van der Waals surface area contributed by atoms with Crippen LogP contribution in [0.4, 0.5) is 0 Å². The summed E-state index contributed by atoms with van der Waals surface area (Å²) < 4.78 is 0. The number of thiophene rings is 1. The topological polar surface area (TPSA) is 49.3 Å². The van der Waals surface area contributed by atoms with E-state index in [1.54, 1.807) is 11.3 Å². The van der Waals surface area contributed by atoms with Crippen LogP contribution in [-0.4, -0.2) is 23.2 Å². The first kappa shape index (κ1) is 13.6. The first-order chi connectivity index (χ1) is 8.50. The Labute approximate surface area is 112 Å². The maximum Gasteiger partial charge on any atom is 0.261 e. The normalized spacial score (nSPS) is 18.4. The number of hydrogen-bond donors (Lipinski definition) is 2. The molecule has 1 saturated carbocycles. The molecule has 2 N–H and O–H groups in total. The molecule has 3 nitrogen and oxygen atoms in total. The molecule has 2 rings (SSSR count). The summed E-state index contributed by atoms with van der Waals surface area (Å²) in [6.07, 6.45) is 3.16. The van der Waals surface area contributed by atoms with Gasteiger partial charge in [-0.15, -0.1) is 11.3 Å². The van der Waals surface area contributed by atoms with Crippen molar-refractivity contribution < 1.29 is 9.90 Å². The van der Waals surface area contributed by atoms with Gasteiger partial charge >= 0.3 is 0 Å². The van der Waals surface area contributed by atoms with E-state index in [0.717, 1.165) is 24.1 Å². The zero-order valence-corrected chi connectivity index (χ0v) is 12.1. The van der Waals surface area contributed by atoms with Gasteiger partial charge < -0.3 is 10.4 Å². The molecule has 0 aliphatic heterocycles. The summed E-state index contributed by atoms with van der Waals surface area (Å²) in [7, 11) is 0. The molecule has 1 fully saturated rings. The second-order valence-electron chi connectivity index (χ2n) is 5.37.